The van der Waals surface area contributed by atoms with Gasteiger partial charge in [-0.05, 0) is 12.8 Å². The molecule has 0 heterocycles. The molecule has 8 nitrogen and oxygen atoms in total. The molecule has 0 aromatic carbocycles. The van der Waals surface area contributed by atoms with E-state index in [0.717, 1.165) is 0 Å². The Morgan fingerprint density at radius 3 is 1.33 bits per heavy atom. The Morgan fingerprint density at radius 2 is 1.07 bits per heavy atom. The van der Waals surface area contributed by atoms with Gasteiger partial charge in [-0.1, -0.05) is 6.42 Å². The van der Waals surface area contributed by atoms with Gasteiger partial charge in [0.05, 0.1) is 0 Å². The first-order valence-electron chi connectivity index (χ1n) is 4.25. The number of hydrogen-bond donors (Lipinski definition) is 4. The van der Waals surface area contributed by atoms with Gasteiger partial charge < -0.3 is 0 Å². The van der Waals surface area contributed by atoms with Gasteiger partial charge in [-0.3, -0.25) is 0 Å². The van der Waals surface area contributed by atoms with Crippen molar-refractivity contribution >= 4 is 20.4 Å². The molecule has 0 aliphatic carbocycles. The zero-order chi connectivity index (χ0) is 11.9. The van der Waals surface area contributed by atoms with Gasteiger partial charge in [0.2, 0.25) is 0 Å². The van der Waals surface area contributed by atoms with Crippen molar-refractivity contribution in [3.8, 4) is 0 Å². The smallest absolute Gasteiger partial charge is 0.216 e. The second-order valence-corrected chi connectivity index (χ2v) is 5.70. The molecule has 0 spiro atoms. The Labute approximate surface area is 89.8 Å². The van der Waals surface area contributed by atoms with Gasteiger partial charge in [-0.15, -0.1) is 0 Å². The molecule has 6 N–H and O–H groups in total. The van der Waals surface area contributed by atoms with Crippen LogP contribution in [0.2, 0.25) is 0 Å². The van der Waals surface area contributed by atoms with Crippen LogP contribution in [0.15, 0.2) is 0 Å². The summed E-state index contributed by atoms with van der Waals surface area (Å²) in [7, 11) is -7.24. The SMILES string of the molecule is NS(=O)(=O)NCCCCCNS(N)(=O)=O. The highest BCUT2D eigenvalue weighted by molar-refractivity contribution is 7.87. The lowest BCUT2D eigenvalue weighted by molar-refractivity contribution is 0.570. The summed E-state index contributed by atoms with van der Waals surface area (Å²) in [5.41, 5.74) is 0. The van der Waals surface area contributed by atoms with Crippen LogP contribution < -0.4 is 19.7 Å². The molecule has 0 fully saturated rings. The van der Waals surface area contributed by atoms with E-state index in [4.69, 9.17) is 0 Å². The summed E-state index contributed by atoms with van der Waals surface area (Å²) in [5.74, 6) is 0. The van der Waals surface area contributed by atoms with Crippen molar-refractivity contribution in [2.24, 2.45) is 10.3 Å². The quantitative estimate of drug-likeness (QED) is 0.365. The van der Waals surface area contributed by atoms with E-state index in [1.807, 2.05) is 0 Å². The average Bonchev–Trinajstić information content (AvgIpc) is 1.98. The second-order valence-electron chi connectivity index (χ2n) is 2.94. The average molecular weight is 260 g/mol. The van der Waals surface area contributed by atoms with Crippen molar-refractivity contribution in [3.05, 3.63) is 0 Å². The molecule has 0 unspecified atom stereocenters. The van der Waals surface area contributed by atoms with E-state index in [9.17, 15) is 16.8 Å². The van der Waals surface area contributed by atoms with Crippen molar-refractivity contribution < 1.29 is 16.8 Å². The Bertz CT molecular complexity index is 326. The molecule has 0 atom stereocenters. The van der Waals surface area contributed by atoms with E-state index in [1.165, 1.54) is 0 Å². The number of hydrogen-bond acceptors (Lipinski definition) is 4. The molecule has 0 radical (unpaired) electrons. The van der Waals surface area contributed by atoms with Crippen LogP contribution in [0, 0.1) is 0 Å². The maximum atomic E-state index is 10.4. The van der Waals surface area contributed by atoms with Crippen molar-refractivity contribution in [3.63, 3.8) is 0 Å². The van der Waals surface area contributed by atoms with E-state index in [0.29, 0.717) is 19.3 Å². The van der Waals surface area contributed by atoms with Crippen LogP contribution >= 0.6 is 0 Å². The maximum absolute atomic E-state index is 10.4. The summed E-state index contributed by atoms with van der Waals surface area (Å²) in [6, 6.07) is 0. The first-order chi connectivity index (χ1) is 6.71. The summed E-state index contributed by atoms with van der Waals surface area (Å²) in [5, 5.41) is 9.37. The van der Waals surface area contributed by atoms with Crippen LogP contribution in [-0.2, 0) is 20.4 Å². The number of nitrogens with two attached hydrogens (primary N) is 2. The minimum Gasteiger partial charge on any atom is -0.216 e. The van der Waals surface area contributed by atoms with Crippen LogP contribution in [0.4, 0.5) is 0 Å². The highest BCUT2D eigenvalue weighted by atomic mass is 32.2. The molecule has 0 bridgehead atoms. The van der Waals surface area contributed by atoms with Crippen molar-refractivity contribution in [1.29, 1.82) is 0 Å². The molecule has 0 aliphatic heterocycles. The van der Waals surface area contributed by atoms with Crippen LogP contribution in [0.25, 0.3) is 0 Å². The van der Waals surface area contributed by atoms with Gasteiger partial charge >= 0.3 is 0 Å². The highest BCUT2D eigenvalue weighted by Gasteiger charge is 2.00. The third-order valence-corrected chi connectivity index (χ3v) is 2.67. The highest BCUT2D eigenvalue weighted by Crippen LogP contribution is 1.92. The van der Waals surface area contributed by atoms with E-state index in [2.05, 4.69) is 19.7 Å². The molecule has 0 aliphatic rings. The normalized spacial score (nSPS) is 12.9. The Balaban J connectivity index is 3.34. The molecule has 92 valence electrons. The van der Waals surface area contributed by atoms with Crippen molar-refractivity contribution in [1.82, 2.24) is 9.44 Å². The molecule has 0 aromatic rings. The van der Waals surface area contributed by atoms with Crippen molar-refractivity contribution in [2.75, 3.05) is 13.1 Å². The van der Waals surface area contributed by atoms with Crippen LogP contribution in [0.1, 0.15) is 19.3 Å². The summed E-state index contributed by atoms with van der Waals surface area (Å²) in [6.45, 7) is 0.489. The third-order valence-electron chi connectivity index (χ3n) is 1.46. The topological polar surface area (TPSA) is 144 Å². The molecule has 0 rings (SSSR count). The van der Waals surface area contributed by atoms with Crippen LogP contribution in [-0.4, -0.2) is 29.9 Å². The van der Waals surface area contributed by atoms with Crippen molar-refractivity contribution in [2.45, 2.75) is 19.3 Å². The van der Waals surface area contributed by atoms with Gasteiger partial charge in [-0.25, -0.2) is 19.7 Å². The Kier molecular flexibility index (Phi) is 6.24. The summed E-state index contributed by atoms with van der Waals surface area (Å²) < 4.78 is 45.9. The van der Waals surface area contributed by atoms with Gasteiger partial charge in [0.25, 0.3) is 20.4 Å². The van der Waals surface area contributed by atoms with Crippen LogP contribution in [0.5, 0.6) is 0 Å². The van der Waals surface area contributed by atoms with E-state index >= 15 is 0 Å². The maximum Gasteiger partial charge on any atom is 0.274 e. The first kappa shape index (κ1) is 14.7. The number of rotatable bonds is 8. The second kappa shape index (κ2) is 6.35. The molecule has 15 heavy (non-hydrogen) atoms. The minimum atomic E-state index is -3.62. The predicted octanol–water partition coefficient (Wildman–Crippen LogP) is -2.26. The third kappa shape index (κ3) is 13.7. The zero-order valence-electron chi connectivity index (χ0n) is 8.14. The van der Waals surface area contributed by atoms with Crippen LogP contribution in [0.3, 0.4) is 0 Å². The van der Waals surface area contributed by atoms with Gasteiger partial charge in [-0.2, -0.15) is 16.8 Å². The molecule has 0 saturated carbocycles. The minimum absolute atomic E-state index is 0.244. The Morgan fingerprint density at radius 1 is 0.733 bits per heavy atom. The largest absolute Gasteiger partial charge is 0.274 e. The molecular formula is C5H16N4O4S2. The first-order valence-corrected chi connectivity index (χ1v) is 7.35. The predicted molar refractivity (Wildman–Crippen MR) is 56.1 cm³/mol. The lowest BCUT2D eigenvalue weighted by Crippen LogP contribution is -2.32. The van der Waals surface area contributed by atoms with Gasteiger partial charge in [0.15, 0.2) is 0 Å². The number of nitrogens with one attached hydrogen (secondary N) is 2. The molecule has 0 saturated heterocycles. The molecule has 0 amide bonds. The zero-order valence-corrected chi connectivity index (χ0v) is 9.77. The fourth-order valence-electron chi connectivity index (χ4n) is 0.856. The Hall–Kier alpha value is -0.260. The fraction of sp³-hybridized carbons (Fsp3) is 1.00. The summed E-state index contributed by atoms with van der Waals surface area (Å²) in [4.78, 5) is 0. The molecule has 0 aromatic heterocycles. The lowest BCUT2D eigenvalue weighted by atomic mass is 10.2. The van der Waals surface area contributed by atoms with Gasteiger partial charge in [0, 0.05) is 13.1 Å². The summed E-state index contributed by atoms with van der Waals surface area (Å²) in [6.07, 6.45) is 1.84. The van der Waals surface area contributed by atoms with E-state index in [-0.39, 0.29) is 13.1 Å². The lowest BCUT2D eigenvalue weighted by Gasteiger charge is -2.02. The fourth-order valence-corrected chi connectivity index (χ4v) is 1.71. The van der Waals surface area contributed by atoms with E-state index < -0.39 is 20.4 Å². The molecule has 10 heteroatoms. The standard InChI is InChI=1S/C5H16N4O4S2/c6-14(10,11)8-4-2-1-3-5-9-15(7,12)13/h8-9H,1-5H2,(H2,6,10,11)(H2,7,12,13). The monoisotopic (exact) mass is 260 g/mol. The van der Waals surface area contributed by atoms with Gasteiger partial charge in [0.1, 0.15) is 0 Å². The summed E-state index contributed by atoms with van der Waals surface area (Å²) >= 11 is 0. The van der Waals surface area contributed by atoms with E-state index in [1.54, 1.807) is 0 Å². The molecular weight excluding hydrogens is 244 g/mol. The number of unbranched alkanes of at least 4 members (excludes halogenated alkanes) is 2.